The number of aromatic nitrogens is 2. The molecular formula is C23H24N4O5. The van der Waals surface area contributed by atoms with Crippen LogP contribution in [-0.2, 0) is 17.8 Å². The summed E-state index contributed by atoms with van der Waals surface area (Å²) < 4.78 is 10.6. The van der Waals surface area contributed by atoms with Gasteiger partial charge in [-0.3, -0.25) is 14.4 Å². The molecule has 166 valence electrons. The summed E-state index contributed by atoms with van der Waals surface area (Å²) >= 11 is 0. The quantitative estimate of drug-likeness (QED) is 0.614. The molecule has 2 heterocycles. The summed E-state index contributed by atoms with van der Waals surface area (Å²) in [5, 5.41) is 3.19. The molecule has 9 heteroatoms. The number of aryl methyl sites for hydroxylation is 1. The third-order valence-corrected chi connectivity index (χ3v) is 5.52. The number of ether oxygens (including phenoxy) is 2. The molecule has 2 aromatic carbocycles. The van der Waals surface area contributed by atoms with Crippen molar-refractivity contribution in [3.63, 3.8) is 0 Å². The van der Waals surface area contributed by atoms with Crippen LogP contribution in [0.4, 0.5) is 5.69 Å². The molecule has 1 aliphatic rings. The number of amides is 2. The van der Waals surface area contributed by atoms with Crippen LogP contribution in [0.15, 0.2) is 35.1 Å². The van der Waals surface area contributed by atoms with E-state index in [0.717, 1.165) is 11.3 Å². The lowest BCUT2D eigenvalue weighted by Crippen LogP contribution is -2.32. The molecule has 0 saturated carbocycles. The Kier molecular flexibility index (Phi) is 5.81. The molecule has 0 atom stereocenters. The third kappa shape index (κ3) is 4.01. The second-order valence-corrected chi connectivity index (χ2v) is 7.48. The van der Waals surface area contributed by atoms with Crippen molar-refractivity contribution >= 4 is 28.4 Å². The topological polar surface area (TPSA) is 114 Å². The smallest absolute Gasteiger partial charge is 0.258 e. The number of benzene rings is 2. The summed E-state index contributed by atoms with van der Waals surface area (Å²) in [5.74, 6) is 1.08. The molecule has 32 heavy (non-hydrogen) atoms. The van der Waals surface area contributed by atoms with Crippen molar-refractivity contribution in [2.24, 2.45) is 0 Å². The highest BCUT2D eigenvalue weighted by molar-refractivity contribution is 5.98. The van der Waals surface area contributed by atoms with Crippen LogP contribution in [0.5, 0.6) is 11.5 Å². The van der Waals surface area contributed by atoms with E-state index in [0.29, 0.717) is 53.2 Å². The Morgan fingerprint density at radius 2 is 1.84 bits per heavy atom. The van der Waals surface area contributed by atoms with Crippen LogP contribution in [0.1, 0.15) is 35.1 Å². The molecule has 0 bridgehead atoms. The van der Waals surface area contributed by atoms with Gasteiger partial charge in [0, 0.05) is 30.3 Å². The fourth-order valence-corrected chi connectivity index (χ4v) is 3.80. The second-order valence-electron chi connectivity index (χ2n) is 7.48. The van der Waals surface area contributed by atoms with Gasteiger partial charge in [-0.15, -0.1) is 0 Å². The lowest BCUT2D eigenvalue weighted by Gasteiger charge is -2.22. The second kappa shape index (κ2) is 8.70. The maximum Gasteiger partial charge on any atom is 0.258 e. The van der Waals surface area contributed by atoms with Gasteiger partial charge in [-0.05, 0) is 43.2 Å². The fraction of sp³-hybridized carbons (Fsp3) is 0.304. The van der Waals surface area contributed by atoms with Crippen molar-refractivity contribution in [1.82, 2.24) is 14.9 Å². The van der Waals surface area contributed by atoms with Gasteiger partial charge in [0.25, 0.3) is 11.5 Å². The van der Waals surface area contributed by atoms with Gasteiger partial charge in [0.2, 0.25) is 5.91 Å². The number of carbonyl (C=O) groups excluding carboxylic acids is 2. The highest BCUT2D eigenvalue weighted by Crippen LogP contribution is 2.30. The van der Waals surface area contributed by atoms with Gasteiger partial charge < -0.3 is 24.7 Å². The van der Waals surface area contributed by atoms with E-state index in [-0.39, 0.29) is 23.9 Å². The van der Waals surface area contributed by atoms with Gasteiger partial charge in [-0.2, -0.15) is 0 Å². The number of rotatable bonds is 6. The number of methoxy groups -OCH3 is 2. The number of aromatic amines is 1. The fourth-order valence-electron chi connectivity index (χ4n) is 3.80. The van der Waals surface area contributed by atoms with E-state index in [4.69, 9.17) is 9.47 Å². The Balaban J connectivity index is 1.62. The Labute approximate surface area is 184 Å². The molecule has 0 fully saturated rings. The van der Waals surface area contributed by atoms with Crippen molar-refractivity contribution in [2.75, 3.05) is 26.1 Å². The summed E-state index contributed by atoms with van der Waals surface area (Å²) in [5.41, 5.74) is 2.33. The Hall–Kier alpha value is -3.88. The van der Waals surface area contributed by atoms with Gasteiger partial charge in [-0.25, -0.2) is 4.98 Å². The largest absolute Gasteiger partial charge is 0.493 e. The number of carbonyl (C=O) groups is 2. The summed E-state index contributed by atoms with van der Waals surface area (Å²) in [4.78, 5) is 46.2. The van der Waals surface area contributed by atoms with Gasteiger partial charge in [0.1, 0.15) is 5.82 Å². The zero-order chi connectivity index (χ0) is 22.8. The molecule has 0 unspecified atom stereocenters. The van der Waals surface area contributed by atoms with E-state index in [1.807, 2.05) is 13.0 Å². The SMILES string of the molecule is CCN(Cc1nc2cc(OC)c(OC)cc2c(=O)[nH]1)C(=O)c1ccc2c(c1)CCC(=O)N2. The van der Waals surface area contributed by atoms with Gasteiger partial charge in [0.15, 0.2) is 11.5 Å². The first kappa shape index (κ1) is 21.4. The highest BCUT2D eigenvalue weighted by atomic mass is 16.5. The van der Waals surface area contributed by atoms with E-state index in [9.17, 15) is 14.4 Å². The molecule has 0 radical (unpaired) electrons. The lowest BCUT2D eigenvalue weighted by atomic mass is 10.00. The average molecular weight is 436 g/mol. The van der Waals surface area contributed by atoms with Crippen LogP contribution in [-0.4, -0.2) is 47.4 Å². The number of hydrogen-bond acceptors (Lipinski definition) is 6. The molecule has 0 aliphatic carbocycles. The van der Waals surface area contributed by atoms with Gasteiger partial charge >= 0.3 is 0 Å². The molecule has 1 aromatic heterocycles. The molecule has 2 N–H and O–H groups in total. The van der Waals surface area contributed by atoms with Crippen molar-refractivity contribution in [2.45, 2.75) is 26.3 Å². The Morgan fingerprint density at radius 1 is 1.09 bits per heavy atom. The number of anilines is 1. The summed E-state index contributed by atoms with van der Waals surface area (Å²) in [6.45, 7) is 2.44. The predicted octanol–water partition coefficient (Wildman–Crippen LogP) is 2.49. The zero-order valence-corrected chi connectivity index (χ0v) is 18.2. The number of H-pyrrole nitrogens is 1. The molecule has 9 nitrogen and oxygen atoms in total. The first-order chi connectivity index (χ1) is 15.4. The van der Waals surface area contributed by atoms with E-state index in [1.54, 1.807) is 29.2 Å². The number of hydrogen-bond donors (Lipinski definition) is 2. The van der Waals surface area contributed by atoms with Gasteiger partial charge in [0.05, 0.1) is 31.7 Å². The third-order valence-electron chi connectivity index (χ3n) is 5.52. The summed E-state index contributed by atoms with van der Waals surface area (Å²) in [6.07, 6.45) is 0.998. The summed E-state index contributed by atoms with van der Waals surface area (Å²) in [6, 6.07) is 8.49. The average Bonchev–Trinajstić information content (AvgIpc) is 2.80. The molecule has 0 spiro atoms. The standard InChI is InChI=1S/C23H24N4O5/c1-4-27(23(30)14-5-7-16-13(9-14)6-8-21(28)25-16)12-20-24-17-11-19(32-3)18(31-2)10-15(17)22(29)26-20/h5,7,9-11H,4,6,8,12H2,1-3H3,(H,25,28)(H,24,26,29). The highest BCUT2D eigenvalue weighted by Gasteiger charge is 2.20. The molecular weight excluding hydrogens is 412 g/mol. The zero-order valence-electron chi connectivity index (χ0n) is 18.2. The minimum atomic E-state index is -0.320. The van der Waals surface area contributed by atoms with E-state index < -0.39 is 0 Å². The van der Waals surface area contributed by atoms with Crippen LogP contribution in [0.25, 0.3) is 10.9 Å². The molecule has 4 rings (SSSR count). The molecule has 0 saturated heterocycles. The lowest BCUT2D eigenvalue weighted by molar-refractivity contribution is -0.116. The molecule has 1 aliphatic heterocycles. The monoisotopic (exact) mass is 436 g/mol. The van der Waals surface area contributed by atoms with E-state index in [2.05, 4.69) is 15.3 Å². The first-order valence-corrected chi connectivity index (χ1v) is 10.3. The van der Waals surface area contributed by atoms with Crippen LogP contribution >= 0.6 is 0 Å². The van der Waals surface area contributed by atoms with Crippen molar-refractivity contribution in [3.8, 4) is 11.5 Å². The Bertz CT molecular complexity index is 1270. The number of fused-ring (bicyclic) bond motifs is 2. The summed E-state index contributed by atoms with van der Waals surface area (Å²) in [7, 11) is 3.01. The first-order valence-electron chi connectivity index (χ1n) is 10.3. The Morgan fingerprint density at radius 3 is 2.56 bits per heavy atom. The van der Waals surface area contributed by atoms with E-state index in [1.165, 1.54) is 14.2 Å². The van der Waals surface area contributed by atoms with Gasteiger partial charge in [-0.1, -0.05) is 0 Å². The van der Waals surface area contributed by atoms with E-state index >= 15 is 0 Å². The predicted molar refractivity (Wildman–Crippen MR) is 119 cm³/mol. The normalized spacial score (nSPS) is 12.8. The van der Waals surface area contributed by atoms with Crippen LogP contribution in [0, 0.1) is 0 Å². The maximum atomic E-state index is 13.1. The van der Waals surface area contributed by atoms with Crippen LogP contribution in [0.2, 0.25) is 0 Å². The van der Waals surface area contributed by atoms with Crippen molar-refractivity contribution in [3.05, 3.63) is 57.6 Å². The van der Waals surface area contributed by atoms with Crippen molar-refractivity contribution < 1.29 is 19.1 Å². The molecule has 2 amide bonds. The molecule has 3 aromatic rings. The van der Waals surface area contributed by atoms with Crippen LogP contribution < -0.4 is 20.3 Å². The number of nitrogens with one attached hydrogen (secondary N) is 2. The van der Waals surface area contributed by atoms with Crippen molar-refractivity contribution in [1.29, 1.82) is 0 Å². The maximum absolute atomic E-state index is 13.1. The number of nitrogens with zero attached hydrogens (tertiary/aromatic N) is 2. The minimum absolute atomic E-state index is 0.0210. The van der Waals surface area contributed by atoms with Crippen LogP contribution in [0.3, 0.4) is 0 Å². The minimum Gasteiger partial charge on any atom is -0.493 e.